The fourth-order valence-corrected chi connectivity index (χ4v) is 8.99. The van der Waals surface area contributed by atoms with Crippen LogP contribution in [0, 0.1) is 0 Å². The average Bonchev–Trinajstić information content (AvgIpc) is 3.76. The summed E-state index contributed by atoms with van der Waals surface area (Å²) < 4.78 is 15.6. The SMILES string of the molecule is CCCCCCCCCCCCCCCCN1/C(=C/C=C/c2oc3ccc(C(C)(C)C)cc3[n+]2CCCCCCCCCCCCCCCC)Oc2ccc(C(C)(C)C)cc21.[I-]. The second-order valence-corrected chi connectivity index (χ2v) is 20.8. The van der Waals surface area contributed by atoms with Crippen molar-refractivity contribution in [1.29, 1.82) is 0 Å². The molecule has 0 amide bonds. The lowest BCUT2D eigenvalue weighted by Crippen LogP contribution is -3.00. The van der Waals surface area contributed by atoms with E-state index in [4.69, 9.17) is 9.15 Å². The molecule has 4 rings (SSSR count). The first-order valence-electron chi connectivity index (χ1n) is 26.0. The number of aryl methyl sites for hydroxylation is 1. The standard InChI is InChI=1S/C57H93N2O2.HI/c1-9-11-13-15-17-19-21-23-25-27-29-31-33-35-44-58-50-46-48(56(3,4)5)40-42-52(50)60-54(58)38-37-39-55-59(51-47-49(57(6,7)8)41-43-53(51)61-55)45-36-34-32-30-28-26-24-22-20-18-16-14-12-10-2;/h37-43,46-47H,9-36,44-45H2,1-8H3;1H/q+1;/p-1. The molecule has 5 heteroatoms. The molecule has 0 radical (unpaired) electrons. The van der Waals surface area contributed by atoms with Gasteiger partial charge in [0.1, 0.15) is 0 Å². The van der Waals surface area contributed by atoms with Crippen molar-refractivity contribution in [2.45, 2.75) is 253 Å². The van der Waals surface area contributed by atoms with Gasteiger partial charge in [-0.3, -0.25) is 0 Å². The van der Waals surface area contributed by atoms with Crippen molar-refractivity contribution in [3.05, 3.63) is 71.5 Å². The van der Waals surface area contributed by atoms with Crippen LogP contribution in [-0.4, -0.2) is 6.54 Å². The minimum atomic E-state index is 0. The van der Waals surface area contributed by atoms with Crippen molar-refractivity contribution < 1.29 is 37.7 Å². The molecule has 0 fully saturated rings. The van der Waals surface area contributed by atoms with Gasteiger partial charge in [0.2, 0.25) is 11.5 Å². The van der Waals surface area contributed by atoms with E-state index in [1.54, 1.807) is 0 Å². The number of halogens is 1. The molecule has 62 heavy (non-hydrogen) atoms. The van der Waals surface area contributed by atoms with Crippen molar-refractivity contribution in [1.82, 2.24) is 0 Å². The molecular weight excluding hydrogens is 872 g/mol. The smallest absolute Gasteiger partial charge is 0.374 e. The molecule has 2 heterocycles. The van der Waals surface area contributed by atoms with E-state index in [9.17, 15) is 0 Å². The largest absolute Gasteiger partial charge is 1.00 e. The normalized spacial score (nSPS) is 13.7. The fourth-order valence-electron chi connectivity index (χ4n) is 8.99. The molecule has 0 spiro atoms. The predicted octanol–water partition coefficient (Wildman–Crippen LogP) is 15.0. The minimum Gasteiger partial charge on any atom is -1.00 e. The summed E-state index contributed by atoms with van der Waals surface area (Å²) in [5.74, 6) is 2.79. The molecule has 0 saturated carbocycles. The molecule has 1 aliphatic heterocycles. The van der Waals surface area contributed by atoms with E-state index in [1.165, 1.54) is 202 Å². The Bertz CT molecular complexity index is 1710. The van der Waals surface area contributed by atoms with E-state index in [2.05, 4.69) is 119 Å². The van der Waals surface area contributed by atoms with E-state index in [0.717, 1.165) is 36.2 Å². The highest BCUT2D eigenvalue weighted by Crippen LogP contribution is 2.42. The Balaban J connectivity index is 0.0000102. The monoisotopic (exact) mass is 965 g/mol. The van der Waals surface area contributed by atoms with Gasteiger partial charge in [-0.2, -0.15) is 4.57 Å². The number of aromatic nitrogens is 1. The van der Waals surface area contributed by atoms with Crippen LogP contribution in [0.4, 0.5) is 5.69 Å². The van der Waals surface area contributed by atoms with Gasteiger partial charge in [0.15, 0.2) is 12.3 Å². The van der Waals surface area contributed by atoms with Gasteiger partial charge in [0.05, 0.1) is 11.8 Å². The second kappa shape index (κ2) is 30.0. The average molecular weight is 965 g/mol. The van der Waals surface area contributed by atoms with Crippen LogP contribution in [0.3, 0.4) is 0 Å². The zero-order valence-electron chi connectivity index (χ0n) is 41.5. The Hall–Kier alpha value is -2.28. The molecule has 4 nitrogen and oxygen atoms in total. The summed E-state index contributed by atoms with van der Waals surface area (Å²) in [6.07, 6.45) is 44.9. The first-order chi connectivity index (χ1) is 29.5. The summed E-state index contributed by atoms with van der Waals surface area (Å²) in [6.45, 7) is 20.3. The van der Waals surface area contributed by atoms with Gasteiger partial charge < -0.3 is 38.0 Å². The molecule has 3 aromatic rings. The molecule has 1 aliphatic rings. The van der Waals surface area contributed by atoms with E-state index in [1.807, 2.05) is 0 Å². The van der Waals surface area contributed by atoms with Crippen molar-refractivity contribution >= 4 is 22.9 Å². The zero-order chi connectivity index (χ0) is 43.8. The van der Waals surface area contributed by atoms with Gasteiger partial charge in [-0.25, -0.2) is 0 Å². The van der Waals surface area contributed by atoms with Gasteiger partial charge >= 0.3 is 5.89 Å². The Morgan fingerprint density at radius 2 is 0.968 bits per heavy atom. The topological polar surface area (TPSA) is 29.5 Å². The van der Waals surface area contributed by atoms with Gasteiger partial charge in [-0.1, -0.05) is 228 Å². The van der Waals surface area contributed by atoms with Crippen molar-refractivity contribution in [2.75, 3.05) is 11.4 Å². The lowest BCUT2D eigenvalue weighted by atomic mass is 9.87. The number of allylic oxidation sites excluding steroid dienone is 2. The summed E-state index contributed by atoms with van der Waals surface area (Å²) >= 11 is 0. The molecule has 0 unspecified atom stereocenters. The summed E-state index contributed by atoms with van der Waals surface area (Å²) in [5.41, 5.74) is 6.22. The molecule has 2 aromatic carbocycles. The number of nitrogens with zero attached hydrogens (tertiary/aromatic N) is 2. The number of fused-ring (bicyclic) bond motifs is 2. The number of hydrogen-bond donors (Lipinski definition) is 0. The number of unbranched alkanes of at least 4 members (excludes halogenated alkanes) is 26. The quantitative estimate of drug-likeness (QED) is 0.0355. The minimum absolute atomic E-state index is 0. The number of oxazole rings is 1. The number of ether oxygens (including phenoxy) is 1. The maximum atomic E-state index is 6.59. The third-order valence-electron chi connectivity index (χ3n) is 13.1. The first kappa shape index (κ1) is 54.1. The highest BCUT2D eigenvalue weighted by Gasteiger charge is 2.28. The molecule has 0 atom stereocenters. The van der Waals surface area contributed by atoms with Crippen LogP contribution >= 0.6 is 0 Å². The van der Waals surface area contributed by atoms with Crippen LogP contribution in [0.25, 0.3) is 17.2 Å². The molecule has 0 N–H and O–H groups in total. The Morgan fingerprint density at radius 1 is 0.532 bits per heavy atom. The van der Waals surface area contributed by atoms with Crippen LogP contribution < -0.4 is 38.2 Å². The molecule has 0 aliphatic carbocycles. The Labute approximate surface area is 399 Å². The third-order valence-corrected chi connectivity index (χ3v) is 13.1. The van der Waals surface area contributed by atoms with Crippen LogP contribution in [0.1, 0.15) is 252 Å². The van der Waals surface area contributed by atoms with Gasteiger partial charge in [0.25, 0.3) is 5.52 Å². The number of rotatable bonds is 32. The van der Waals surface area contributed by atoms with E-state index in [-0.39, 0.29) is 34.8 Å². The second-order valence-electron chi connectivity index (χ2n) is 20.8. The maximum Gasteiger partial charge on any atom is 0.374 e. The molecular formula is C57H93IN2O2. The summed E-state index contributed by atoms with van der Waals surface area (Å²) in [6, 6.07) is 13.6. The lowest BCUT2D eigenvalue weighted by Gasteiger charge is -2.22. The number of hydrogen-bond acceptors (Lipinski definition) is 3. The predicted molar refractivity (Wildman–Crippen MR) is 266 cm³/mol. The van der Waals surface area contributed by atoms with Crippen LogP contribution in [0.5, 0.6) is 5.75 Å². The lowest BCUT2D eigenvalue weighted by molar-refractivity contribution is -0.678. The molecule has 1 aromatic heterocycles. The first-order valence-corrected chi connectivity index (χ1v) is 26.0. The van der Waals surface area contributed by atoms with Crippen molar-refractivity contribution in [3.63, 3.8) is 0 Å². The van der Waals surface area contributed by atoms with Crippen molar-refractivity contribution in [2.24, 2.45) is 0 Å². The van der Waals surface area contributed by atoms with E-state index < -0.39 is 0 Å². The zero-order valence-corrected chi connectivity index (χ0v) is 43.7. The Morgan fingerprint density at radius 3 is 1.45 bits per heavy atom. The molecule has 350 valence electrons. The summed E-state index contributed by atoms with van der Waals surface area (Å²) in [7, 11) is 0. The number of anilines is 1. The van der Waals surface area contributed by atoms with E-state index in [0.29, 0.717) is 0 Å². The van der Waals surface area contributed by atoms with Crippen LogP contribution in [0.2, 0.25) is 0 Å². The van der Waals surface area contributed by atoms with Gasteiger partial charge in [0, 0.05) is 19.0 Å². The summed E-state index contributed by atoms with van der Waals surface area (Å²) in [4.78, 5) is 2.42. The highest BCUT2D eigenvalue weighted by atomic mass is 127. The van der Waals surface area contributed by atoms with Crippen LogP contribution in [0.15, 0.2) is 58.9 Å². The van der Waals surface area contributed by atoms with Crippen molar-refractivity contribution in [3.8, 4) is 5.75 Å². The molecule has 0 bridgehead atoms. The fraction of sp³-hybridized carbons (Fsp3) is 0.702. The van der Waals surface area contributed by atoms with E-state index >= 15 is 0 Å². The maximum absolute atomic E-state index is 6.59. The number of benzene rings is 2. The van der Waals surface area contributed by atoms with Crippen LogP contribution in [-0.2, 0) is 17.4 Å². The third kappa shape index (κ3) is 19.4. The highest BCUT2D eigenvalue weighted by molar-refractivity contribution is 5.72. The molecule has 0 saturated heterocycles. The van der Waals surface area contributed by atoms with Gasteiger partial charge in [-0.15, -0.1) is 0 Å². The van der Waals surface area contributed by atoms with Gasteiger partial charge in [-0.05, 0) is 65.1 Å². The Kier molecular flexibility index (Phi) is 26.2. The summed E-state index contributed by atoms with van der Waals surface area (Å²) in [5, 5.41) is 0.